The summed E-state index contributed by atoms with van der Waals surface area (Å²) in [5, 5.41) is 6.40. The van der Waals surface area contributed by atoms with Crippen molar-refractivity contribution in [2.24, 2.45) is 4.99 Å². The predicted molar refractivity (Wildman–Crippen MR) is 112 cm³/mol. The number of nitrogens with zero attached hydrogens (tertiary/aromatic N) is 4. The molecular weight excluding hydrogens is 393 g/mol. The van der Waals surface area contributed by atoms with E-state index in [-0.39, 0.29) is 0 Å². The van der Waals surface area contributed by atoms with Crippen molar-refractivity contribution in [3.63, 3.8) is 0 Å². The topological polar surface area (TPSA) is 55.8 Å². The summed E-state index contributed by atoms with van der Waals surface area (Å²) >= 11 is 0. The molecule has 0 radical (unpaired) electrons. The number of hydrogen-bond acceptors (Lipinski definition) is 4. The molecule has 2 N–H and O–H groups in total. The number of piperazine rings is 1. The molecule has 6 nitrogen and oxygen atoms in total. The summed E-state index contributed by atoms with van der Waals surface area (Å²) in [6.07, 6.45) is -2.52. The number of aliphatic imine (C=N–C) groups is 1. The SMILES string of the molecule is CN=C(NCc1ccc(C(F)(F)F)cc1)NCc1cccnc1N1CCN(C)CC1. The van der Waals surface area contributed by atoms with Gasteiger partial charge in [-0.05, 0) is 30.8 Å². The molecule has 9 heteroatoms. The predicted octanol–water partition coefficient (Wildman–Crippen LogP) is 2.72. The van der Waals surface area contributed by atoms with E-state index in [4.69, 9.17) is 0 Å². The molecule has 1 aliphatic rings. The van der Waals surface area contributed by atoms with Crippen LogP contribution in [0.25, 0.3) is 0 Å². The van der Waals surface area contributed by atoms with Crippen molar-refractivity contribution in [2.45, 2.75) is 19.3 Å². The molecule has 0 bridgehead atoms. The van der Waals surface area contributed by atoms with Gasteiger partial charge in [0.15, 0.2) is 5.96 Å². The minimum Gasteiger partial charge on any atom is -0.354 e. The quantitative estimate of drug-likeness (QED) is 0.576. The second-order valence-electron chi connectivity index (χ2n) is 7.25. The number of aromatic nitrogens is 1. The first-order valence-electron chi connectivity index (χ1n) is 9.85. The third kappa shape index (κ3) is 5.85. The standard InChI is InChI=1S/C21H27F3N6/c1-25-20(27-14-16-5-7-18(8-6-16)21(22,23)24)28-15-17-4-3-9-26-19(17)30-12-10-29(2)11-13-30/h3-9H,10-15H2,1-2H3,(H2,25,27,28). The van der Waals surface area contributed by atoms with Crippen LogP contribution in [0.15, 0.2) is 47.6 Å². The van der Waals surface area contributed by atoms with Crippen molar-refractivity contribution < 1.29 is 13.2 Å². The molecule has 1 saturated heterocycles. The Kier molecular flexibility index (Phi) is 7.15. The van der Waals surface area contributed by atoms with E-state index < -0.39 is 11.7 Å². The fourth-order valence-corrected chi connectivity index (χ4v) is 3.27. The third-order valence-electron chi connectivity index (χ3n) is 5.08. The Hall–Kier alpha value is -2.81. The lowest BCUT2D eigenvalue weighted by Gasteiger charge is -2.34. The molecule has 0 spiro atoms. The van der Waals surface area contributed by atoms with Crippen LogP contribution < -0.4 is 15.5 Å². The summed E-state index contributed by atoms with van der Waals surface area (Å²) in [6.45, 7) is 4.78. The zero-order chi connectivity index (χ0) is 21.6. The van der Waals surface area contributed by atoms with Crippen LogP contribution in [0.3, 0.4) is 0 Å². The molecule has 2 aromatic rings. The third-order valence-corrected chi connectivity index (χ3v) is 5.08. The fourth-order valence-electron chi connectivity index (χ4n) is 3.27. The van der Waals surface area contributed by atoms with E-state index in [1.807, 2.05) is 12.1 Å². The van der Waals surface area contributed by atoms with Crippen molar-refractivity contribution >= 4 is 11.8 Å². The Balaban J connectivity index is 1.56. The van der Waals surface area contributed by atoms with Gasteiger partial charge >= 0.3 is 6.18 Å². The minimum absolute atomic E-state index is 0.371. The Morgan fingerprint density at radius 1 is 1.03 bits per heavy atom. The van der Waals surface area contributed by atoms with Crippen LogP contribution in [0.4, 0.5) is 19.0 Å². The highest BCUT2D eigenvalue weighted by molar-refractivity contribution is 5.79. The van der Waals surface area contributed by atoms with E-state index in [9.17, 15) is 13.2 Å². The summed E-state index contributed by atoms with van der Waals surface area (Å²) in [6, 6.07) is 9.06. The van der Waals surface area contributed by atoms with E-state index in [1.165, 1.54) is 12.1 Å². The monoisotopic (exact) mass is 420 g/mol. The molecular formula is C21H27F3N6. The molecule has 1 fully saturated rings. The number of pyridine rings is 1. The number of alkyl halides is 3. The summed E-state index contributed by atoms with van der Waals surface area (Å²) in [7, 11) is 3.78. The van der Waals surface area contributed by atoms with E-state index in [0.717, 1.165) is 55.3 Å². The van der Waals surface area contributed by atoms with Gasteiger partial charge in [-0.25, -0.2) is 4.98 Å². The van der Waals surface area contributed by atoms with Crippen molar-refractivity contribution in [3.05, 3.63) is 59.3 Å². The Morgan fingerprint density at radius 3 is 2.33 bits per heavy atom. The van der Waals surface area contributed by atoms with Crippen LogP contribution in [0, 0.1) is 0 Å². The first-order chi connectivity index (χ1) is 14.4. The van der Waals surface area contributed by atoms with Crippen LogP contribution in [0.1, 0.15) is 16.7 Å². The molecule has 1 aromatic carbocycles. The van der Waals surface area contributed by atoms with E-state index in [1.54, 1.807) is 13.2 Å². The van der Waals surface area contributed by atoms with Gasteiger partial charge < -0.3 is 20.4 Å². The molecule has 0 saturated carbocycles. The first-order valence-corrected chi connectivity index (χ1v) is 9.85. The van der Waals surface area contributed by atoms with Crippen LogP contribution >= 0.6 is 0 Å². The Morgan fingerprint density at radius 2 is 1.70 bits per heavy atom. The molecule has 1 aromatic heterocycles. The highest BCUT2D eigenvalue weighted by Crippen LogP contribution is 2.29. The number of benzene rings is 1. The van der Waals surface area contributed by atoms with E-state index in [0.29, 0.717) is 19.0 Å². The number of anilines is 1. The molecule has 2 heterocycles. The summed E-state index contributed by atoms with van der Waals surface area (Å²) in [4.78, 5) is 13.4. The van der Waals surface area contributed by atoms with Crippen LogP contribution in [0.2, 0.25) is 0 Å². The number of hydrogen-bond donors (Lipinski definition) is 2. The highest BCUT2D eigenvalue weighted by atomic mass is 19.4. The maximum Gasteiger partial charge on any atom is 0.416 e. The normalized spacial score (nSPS) is 15.9. The smallest absolute Gasteiger partial charge is 0.354 e. The number of rotatable bonds is 5. The van der Waals surface area contributed by atoms with Crippen LogP contribution in [-0.4, -0.2) is 56.1 Å². The lowest BCUT2D eigenvalue weighted by Crippen LogP contribution is -2.45. The minimum atomic E-state index is -4.32. The molecule has 162 valence electrons. The van der Waals surface area contributed by atoms with Gasteiger partial charge in [-0.2, -0.15) is 13.2 Å². The average Bonchev–Trinajstić information content (AvgIpc) is 2.74. The van der Waals surface area contributed by atoms with Gasteiger partial charge in [0.1, 0.15) is 5.82 Å². The second kappa shape index (κ2) is 9.80. The van der Waals surface area contributed by atoms with Crippen LogP contribution in [-0.2, 0) is 19.3 Å². The summed E-state index contributed by atoms with van der Waals surface area (Å²) in [5.41, 5.74) is 1.16. The number of likely N-dealkylation sites (N-methyl/N-ethyl adjacent to an activating group) is 1. The largest absolute Gasteiger partial charge is 0.416 e. The van der Waals surface area contributed by atoms with Gasteiger partial charge in [0.2, 0.25) is 0 Å². The zero-order valence-electron chi connectivity index (χ0n) is 17.2. The van der Waals surface area contributed by atoms with Crippen molar-refractivity contribution in [3.8, 4) is 0 Å². The molecule has 30 heavy (non-hydrogen) atoms. The van der Waals surface area contributed by atoms with Crippen molar-refractivity contribution in [1.29, 1.82) is 0 Å². The second-order valence-corrected chi connectivity index (χ2v) is 7.25. The fraction of sp³-hybridized carbons (Fsp3) is 0.429. The summed E-state index contributed by atoms with van der Waals surface area (Å²) in [5.74, 6) is 1.54. The lowest BCUT2D eigenvalue weighted by atomic mass is 10.1. The van der Waals surface area contributed by atoms with Crippen molar-refractivity contribution in [1.82, 2.24) is 20.5 Å². The number of guanidine groups is 1. The Labute approximate surface area is 174 Å². The molecule has 0 aliphatic carbocycles. The first kappa shape index (κ1) is 21.9. The molecule has 0 atom stereocenters. The maximum absolute atomic E-state index is 12.7. The maximum atomic E-state index is 12.7. The van der Waals surface area contributed by atoms with E-state index >= 15 is 0 Å². The lowest BCUT2D eigenvalue weighted by molar-refractivity contribution is -0.137. The van der Waals surface area contributed by atoms with Gasteiger partial charge in [0.25, 0.3) is 0 Å². The molecule has 0 unspecified atom stereocenters. The Bertz CT molecular complexity index is 843. The van der Waals surface area contributed by atoms with Gasteiger partial charge in [-0.1, -0.05) is 18.2 Å². The van der Waals surface area contributed by atoms with Gasteiger partial charge in [-0.3, -0.25) is 4.99 Å². The molecule has 1 aliphatic heterocycles. The van der Waals surface area contributed by atoms with Gasteiger partial charge in [0, 0.05) is 58.1 Å². The number of halogens is 3. The summed E-state index contributed by atoms with van der Waals surface area (Å²) < 4.78 is 38.0. The highest BCUT2D eigenvalue weighted by Gasteiger charge is 2.29. The number of nitrogens with one attached hydrogen (secondary N) is 2. The molecule has 3 rings (SSSR count). The van der Waals surface area contributed by atoms with Crippen LogP contribution in [0.5, 0.6) is 0 Å². The average molecular weight is 420 g/mol. The molecule has 0 amide bonds. The van der Waals surface area contributed by atoms with Crippen molar-refractivity contribution in [2.75, 3.05) is 45.2 Å². The zero-order valence-corrected chi connectivity index (χ0v) is 17.2. The van der Waals surface area contributed by atoms with Gasteiger partial charge in [-0.15, -0.1) is 0 Å². The van der Waals surface area contributed by atoms with E-state index in [2.05, 4.69) is 37.5 Å². The van der Waals surface area contributed by atoms with Gasteiger partial charge in [0.05, 0.1) is 5.56 Å².